The summed E-state index contributed by atoms with van der Waals surface area (Å²) in [6.07, 6.45) is 8.53. The fourth-order valence-corrected chi connectivity index (χ4v) is 2.00. The molecule has 0 atom stereocenters. The zero-order valence-corrected chi connectivity index (χ0v) is 10.2. The van der Waals surface area contributed by atoms with E-state index in [0.29, 0.717) is 5.56 Å². The van der Waals surface area contributed by atoms with Crippen LogP contribution in [0.25, 0.3) is 17.0 Å². The minimum absolute atomic E-state index is 0.0432. The third-order valence-electron chi connectivity index (χ3n) is 2.98. The van der Waals surface area contributed by atoms with E-state index in [2.05, 4.69) is 9.97 Å². The number of nitrogens with zero attached hydrogens (tertiary/aromatic N) is 1. The van der Waals surface area contributed by atoms with Crippen molar-refractivity contribution in [3.63, 3.8) is 0 Å². The smallest absolute Gasteiger partial charge is 0.187 e. The lowest BCUT2D eigenvalue weighted by atomic mass is 10.1. The Morgan fingerprint density at radius 3 is 2.89 bits per heavy atom. The zero-order valence-electron chi connectivity index (χ0n) is 10.2. The zero-order chi connectivity index (χ0) is 13.1. The monoisotopic (exact) mass is 248 g/mol. The summed E-state index contributed by atoms with van der Waals surface area (Å²) in [6.45, 7) is 0. The Balaban J connectivity index is 1.89. The van der Waals surface area contributed by atoms with Gasteiger partial charge in [-0.1, -0.05) is 18.2 Å². The lowest BCUT2D eigenvalue weighted by Crippen LogP contribution is -1.93. The number of carbonyl (C=O) groups excluding carboxylic acids is 1. The van der Waals surface area contributed by atoms with Crippen molar-refractivity contribution >= 4 is 22.8 Å². The van der Waals surface area contributed by atoms with E-state index < -0.39 is 0 Å². The summed E-state index contributed by atoms with van der Waals surface area (Å²) in [5.41, 5.74) is 2.67. The number of nitrogens with one attached hydrogen (secondary N) is 1. The number of pyridine rings is 1. The number of hydrogen-bond acceptors (Lipinski definition) is 2. The Hall–Kier alpha value is -2.68. The van der Waals surface area contributed by atoms with E-state index in [1.165, 1.54) is 0 Å². The molecule has 3 aromatic rings. The van der Waals surface area contributed by atoms with Crippen molar-refractivity contribution in [1.82, 2.24) is 9.97 Å². The summed E-state index contributed by atoms with van der Waals surface area (Å²) in [5, 5.41) is 1.11. The average molecular weight is 248 g/mol. The number of para-hydroxylation sites is 1. The van der Waals surface area contributed by atoms with E-state index in [0.717, 1.165) is 16.5 Å². The number of allylic oxidation sites excluding steroid dienone is 1. The molecule has 19 heavy (non-hydrogen) atoms. The number of aromatic nitrogens is 2. The maximum absolute atomic E-state index is 11.9. The molecule has 0 aliphatic carbocycles. The van der Waals surface area contributed by atoms with Crippen LogP contribution in [0.1, 0.15) is 15.9 Å². The molecule has 0 fully saturated rings. The molecule has 92 valence electrons. The highest BCUT2D eigenvalue weighted by molar-refractivity contribution is 6.07. The molecule has 3 rings (SSSR count). The molecule has 3 heteroatoms. The Kier molecular flexibility index (Phi) is 2.94. The van der Waals surface area contributed by atoms with Crippen LogP contribution in [-0.4, -0.2) is 15.8 Å². The van der Waals surface area contributed by atoms with Crippen molar-refractivity contribution in [3.8, 4) is 0 Å². The number of H-pyrrole nitrogens is 1. The van der Waals surface area contributed by atoms with Gasteiger partial charge in [0.2, 0.25) is 0 Å². The second-order valence-corrected chi connectivity index (χ2v) is 4.23. The highest BCUT2D eigenvalue weighted by Gasteiger charge is 2.02. The predicted octanol–water partition coefficient (Wildman–Crippen LogP) is 3.46. The van der Waals surface area contributed by atoms with E-state index in [4.69, 9.17) is 0 Å². The van der Waals surface area contributed by atoms with Crippen LogP contribution in [0.3, 0.4) is 0 Å². The molecule has 0 unspecified atom stereocenters. The summed E-state index contributed by atoms with van der Waals surface area (Å²) < 4.78 is 0. The predicted molar refractivity (Wildman–Crippen MR) is 75.9 cm³/mol. The fraction of sp³-hybridized carbons (Fsp3) is 0. The topological polar surface area (TPSA) is 45.8 Å². The van der Waals surface area contributed by atoms with Gasteiger partial charge in [0.05, 0.1) is 0 Å². The number of hydrogen-bond donors (Lipinski definition) is 1. The Morgan fingerprint density at radius 2 is 2.05 bits per heavy atom. The largest absolute Gasteiger partial charge is 0.361 e. The molecular formula is C16H12N2O. The first-order valence-corrected chi connectivity index (χ1v) is 6.03. The van der Waals surface area contributed by atoms with Crippen LogP contribution in [0, 0.1) is 0 Å². The van der Waals surface area contributed by atoms with Crippen molar-refractivity contribution in [2.24, 2.45) is 0 Å². The number of aromatic amines is 1. The first kappa shape index (κ1) is 11.4. The highest BCUT2D eigenvalue weighted by Crippen LogP contribution is 2.19. The van der Waals surface area contributed by atoms with E-state index >= 15 is 0 Å². The maximum atomic E-state index is 11.9. The molecule has 2 aromatic heterocycles. The van der Waals surface area contributed by atoms with Crippen molar-refractivity contribution in [2.75, 3.05) is 0 Å². The van der Waals surface area contributed by atoms with Gasteiger partial charge in [-0.15, -0.1) is 0 Å². The number of ketones is 1. The van der Waals surface area contributed by atoms with Gasteiger partial charge < -0.3 is 4.98 Å². The van der Waals surface area contributed by atoms with Gasteiger partial charge in [-0.3, -0.25) is 9.78 Å². The number of fused-ring (bicyclic) bond motifs is 1. The Labute approximate surface area is 110 Å². The van der Waals surface area contributed by atoms with Crippen molar-refractivity contribution < 1.29 is 4.79 Å². The van der Waals surface area contributed by atoms with Gasteiger partial charge in [0.15, 0.2) is 5.78 Å². The summed E-state index contributed by atoms with van der Waals surface area (Å²) in [4.78, 5) is 19.1. The molecule has 0 bridgehead atoms. The normalized spacial score (nSPS) is 11.2. The van der Waals surface area contributed by atoms with Gasteiger partial charge in [-0.2, -0.15) is 0 Å². The highest BCUT2D eigenvalue weighted by atomic mass is 16.1. The van der Waals surface area contributed by atoms with Gasteiger partial charge in [-0.05, 0) is 35.9 Å². The minimum atomic E-state index is -0.0432. The van der Waals surface area contributed by atoms with Gasteiger partial charge in [-0.25, -0.2) is 0 Å². The summed E-state index contributed by atoms with van der Waals surface area (Å²) in [7, 11) is 0. The van der Waals surface area contributed by atoms with E-state index in [-0.39, 0.29) is 5.78 Å². The summed E-state index contributed by atoms with van der Waals surface area (Å²) in [6, 6.07) is 11.5. The number of rotatable bonds is 3. The molecule has 0 spiro atoms. The van der Waals surface area contributed by atoms with Crippen LogP contribution in [0.4, 0.5) is 0 Å². The third-order valence-corrected chi connectivity index (χ3v) is 2.98. The average Bonchev–Trinajstić information content (AvgIpc) is 2.89. The maximum Gasteiger partial charge on any atom is 0.187 e. The van der Waals surface area contributed by atoms with Crippen molar-refractivity contribution in [3.05, 3.63) is 72.2 Å². The first-order chi connectivity index (χ1) is 9.34. The molecule has 3 nitrogen and oxygen atoms in total. The van der Waals surface area contributed by atoms with Crippen molar-refractivity contribution in [1.29, 1.82) is 0 Å². The lowest BCUT2D eigenvalue weighted by molar-refractivity contribution is 0.104. The molecule has 1 N–H and O–H groups in total. The van der Waals surface area contributed by atoms with Crippen LogP contribution < -0.4 is 0 Å². The second-order valence-electron chi connectivity index (χ2n) is 4.23. The minimum Gasteiger partial charge on any atom is -0.361 e. The number of carbonyl (C=O) groups is 1. The van der Waals surface area contributed by atoms with Crippen LogP contribution >= 0.6 is 0 Å². The third kappa shape index (κ3) is 2.31. The SMILES string of the molecule is O=C(C=Cc1c[nH]c2ccccc12)c1cccnc1. The molecule has 0 aliphatic heterocycles. The Morgan fingerprint density at radius 1 is 1.16 bits per heavy atom. The molecular weight excluding hydrogens is 236 g/mol. The summed E-state index contributed by atoms with van der Waals surface area (Å²) >= 11 is 0. The van der Waals surface area contributed by atoms with E-state index in [1.807, 2.05) is 36.5 Å². The molecule has 0 amide bonds. The quantitative estimate of drug-likeness (QED) is 0.570. The first-order valence-electron chi connectivity index (χ1n) is 6.03. The van der Waals surface area contributed by atoms with Crippen LogP contribution in [0.2, 0.25) is 0 Å². The van der Waals surface area contributed by atoms with Gasteiger partial charge in [0.25, 0.3) is 0 Å². The van der Waals surface area contributed by atoms with E-state index in [1.54, 1.807) is 30.6 Å². The second kappa shape index (κ2) is 4.90. The van der Waals surface area contributed by atoms with Gasteiger partial charge in [0.1, 0.15) is 0 Å². The van der Waals surface area contributed by atoms with Gasteiger partial charge in [0, 0.05) is 35.1 Å². The van der Waals surface area contributed by atoms with Crippen LogP contribution in [-0.2, 0) is 0 Å². The standard InChI is InChI=1S/C16H12N2O/c19-16(13-4-3-9-17-10-13)8-7-12-11-18-15-6-2-1-5-14(12)15/h1-11,18H. The fourth-order valence-electron chi connectivity index (χ4n) is 2.00. The molecule has 0 saturated carbocycles. The molecule has 0 aliphatic rings. The molecule has 0 radical (unpaired) electrons. The van der Waals surface area contributed by atoms with Crippen LogP contribution in [0.15, 0.2) is 61.1 Å². The van der Waals surface area contributed by atoms with Crippen molar-refractivity contribution in [2.45, 2.75) is 0 Å². The Bertz CT molecular complexity index is 742. The van der Waals surface area contributed by atoms with Crippen LogP contribution in [0.5, 0.6) is 0 Å². The van der Waals surface area contributed by atoms with E-state index in [9.17, 15) is 4.79 Å². The lowest BCUT2D eigenvalue weighted by Gasteiger charge is -1.93. The molecule has 0 saturated heterocycles. The number of benzene rings is 1. The summed E-state index contributed by atoms with van der Waals surface area (Å²) in [5.74, 6) is -0.0432. The molecule has 1 aromatic carbocycles. The molecule has 2 heterocycles. The van der Waals surface area contributed by atoms with Gasteiger partial charge >= 0.3 is 0 Å².